The third kappa shape index (κ3) is 1.94. The van der Waals surface area contributed by atoms with Crippen molar-refractivity contribution >= 4 is 11.3 Å². The standard InChI is InChI=1S/C6H8F2N2S/c1-3-10-4(2-11-3)5(9)6(7)8/h2,5-6H,9H2,1H3. The Labute approximate surface area is 67.1 Å². The maximum absolute atomic E-state index is 12.0. The molecule has 2 N–H and O–H groups in total. The lowest BCUT2D eigenvalue weighted by molar-refractivity contribution is 0.115. The summed E-state index contributed by atoms with van der Waals surface area (Å²) in [5, 5.41) is 2.32. The molecule has 1 atom stereocenters. The maximum atomic E-state index is 12.0. The Morgan fingerprint density at radius 2 is 2.27 bits per heavy atom. The number of thiazole rings is 1. The van der Waals surface area contributed by atoms with Crippen molar-refractivity contribution in [3.63, 3.8) is 0 Å². The predicted octanol–water partition coefficient (Wildman–Crippen LogP) is 1.72. The fourth-order valence-electron chi connectivity index (χ4n) is 0.662. The van der Waals surface area contributed by atoms with Gasteiger partial charge in [-0.15, -0.1) is 11.3 Å². The number of nitrogens with two attached hydrogens (primary N) is 1. The highest BCUT2D eigenvalue weighted by Gasteiger charge is 2.19. The Hall–Kier alpha value is -0.550. The number of rotatable bonds is 2. The van der Waals surface area contributed by atoms with E-state index in [1.807, 2.05) is 0 Å². The highest BCUT2D eigenvalue weighted by molar-refractivity contribution is 7.09. The zero-order valence-corrected chi connectivity index (χ0v) is 6.74. The molecule has 0 amide bonds. The second-order valence-electron chi connectivity index (χ2n) is 2.15. The molecule has 0 radical (unpaired) electrons. The monoisotopic (exact) mass is 178 g/mol. The molecule has 0 fully saturated rings. The van der Waals surface area contributed by atoms with Crippen molar-refractivity contribution in [2.45, 2.75) is 19.4 Å². The zero-order valence-electron chi connectivity index (χ0n) is 5.92. The fourth-order valence-corrected chi connectivity index (χ4v) is 1.32. The van der Waals surface area contributed by atoms with Crippen LogP contribution in [-0.2, 0) is 0 Å². The average Bonchev–Trinajstić information content (AvgIpc) is 2.34. The first-order valence-electron chi connectivity index (χ1n) is 3.07. The van der Waals surface area contributed by atoms with E-state index in [9.17, 15) is 8.78 Å². The fraction of sp³-hybridized carbons (Fsp3) is 0.500. The van der Waals surface area contributed by atoms with Gasteiger partial charge in [0, 0.05) is 5.38 Å². The van der Waals surface area contributed by atoms with Gasteiger partial charge in [-0.1, -0.05) is 0 Å². The summed E-state index contributed by atoms with van der Waals surface area (Å²) in [7, 11) is 0. The van der Waals surface area contributed by atoms with Gasteiger partial charge in [0.25, 0.3) is 6.43 Å². The highest BCUT2D eigenvalue weighted by Crippen LogP contribution is 2.19. The number of halogens is 2. The molecule has 1 aromatic rings. The Balaban J connectivity index is 2.76. The van der Waals surface area contributed by atoms with Crippen molar-refractivity contribution in [2.75, 3.05) is 0 Å². The third-order valence-electron chi connectivity index (χ3n) is 1.25. The maximum Gasteiger partial charge on any atom is 0.259 e. The number of aromatic nitrogens is 1. The summed E-state index contributed by atoms with van der Waals surface area (Å²) >= 11 is 1.33. The molecule has 1 aromatic heterocycles. The van der Waals surface area contributed by atoms with Crippen LogP contribution in [0.3, 0.4) is 0 Å². The summed E-state index contributed by atoms with van der Waals surface area (Å²) in [4.78, 5) is 3.85. The minimum absolute atomic E-state index is 0.280. The minimum atomic E-state index is -2.53. The van der Waals surface area contributed by atoms with E-state index >= 15 is 0 Å². The normalized spacial score (nSPS) is 13.9. The summed E-state index contributed by atoms with van der Waals surface area (Å²) in [6, 6.07) is -1.24. The third-order valence-corrected chi connectivity index (χ3v) is 2.04. The van der Waals surface area contributed by atoms with Gasteiger partial charge >= 0.3 is 0 Å². The lowest BCUT2D eigenvalue weighted by Crippen LogP contribution is -2.19. The van der Waals surface area contributed by atoms with Gasteiger partial charge in [-0.3, -0.25) is 0 Å². The van der Waals surface area contributed by atoms with Crippen LogP contribution in [0.25, 0.3) is 0 Å². The van der Waals surface area contributed by atoms with Crippen molar-refractivity contribution < 1.29 is 8.78 Å². The van der Waals surface area contributed by atoms with E-state index in [1.54, 1.807) is 12.3 Å². The second-order valence-corrected chi connectivity index (χ2v) is 3.21. The first-order chi connectivity index (χ1) is 5.11. The first-order valence-corrected chi connectivity index (χ1v) is 3.95. The van der Waals surface area contributed by atoms with E-state index in [0.29, 0.717) is 0 Å². The van der Waals surface area contributed by atoms with Gasteiger partial charge in [0.15, 0.2) is 0 Å². The molecule has 0 aliphatic heterocycles. The van der Waals surface area contributed by atoms with Crippen LogP contribution in [0.1, 0.15) is 16.7 Å². The molecule has 0 aromatic carbocycles. The summed E-state index contributed by atoms with van der Waals surface area (Å²) < 4.78 is 23.9. The molecule has 5 heteroatoms. The SMILES string of the molecule is Cc1nc(C(N)C(F)F)cs1. The van der Waals surface area contributed by atoms with Crippen molar-refractivity contribution in [1.82, 2.24) is 4.98 Å². The van der Waals surface area contributed by atoms with Crippen LogP contribution in [0.2, 0.25) is 0 Å². The molecular formula is C6H8F2N2S. The quantitative estimate of drug-likeness (QED) is 0.748. The van der Waals surface area contributed by atoms with Gasteiger partial charge in [0.2, 0.25) is 0 Å². The van der Waals surface area contributed by atoms with E-state index in [-0.39, 0.29) is 5.69 Å². The molecule has 0 bridgehead atoms. The van der Waals surface area contributed by atoms with Crippen molar-refractivity contribution in [1.29, 1.82) is 0 Å². The lowest BCUT2D eigenvalue weighted by atomic mass is 10.2. The Kier molecular flexibility index (Phi) is 2.51. The highest BCUT2D eigenvalue weighted by atomic mass is 32.1. The van der Waals surface area contributed by atoms with E-state index in [4.69, 9.17) is 5.73 Å². The van der Waals surface area contributed by atoms with Gasteiger partial charge in [-0.25, -0.2) is 13.8 Å². The number of aryl methyl sites for hydroxylation is 1. The van der Waals surface area contributed by atoms with Crippen molar-refractivity contribution in [3.05, 3.63) is 16.1 Å². The van der Waals surface area contributed by atoms with E-state index in [2.05, 4.69) is 4.98 Å². The molecule has 0 aliphatic carbocycles. The molecule has 62 valence electrons. The second kappa shape index (κ2) is 3.23. The Bertz CT molecular complexity index is 236. The number of alkyl halides is 2. The first kappa shape index (κ1) is 8.55. The molecule has 1 rings (SSSR count). The number of nitrogens with zero attached hydrogens (tertiary/aromatic N) is 1. The van der Waals surface area contributed by atoms with Gasteiger partial charge in [0.05, 0.1) is 10.7 Å². The molecule has 11 heavy (non-hydrogen) atoms. The topological polar surface area (TPSA) is 38.9 Å². The summed E-state index contributed by atoms with van der Waals surface area (Å²) in [5.41, 5.74) is 5.43. The number of hydrogen-bond donors (Lipinski definition) is 1. The molecule has 1 heterocycles. The van der Waals surface area contributed by atoms with E-state index < -0.39 is 12.5 Å². The Morgan fingerprint density at radius 1 is 1.64 bits per heavy atom. The number of hydrogen-bond acceptors (Lipinski definition) is 3. The van der Waals surface area contributed by atoms with Crippen molar-refractivity contribution in [3.8, 4) is 0 Å². The van der Waals surface area contributed by atoms with Crippen LogP contribution in [0.15, 0.2) is 5.38 Å². The largest absolute Gasteiger partial charge is 0.318 e. The predicted molar refractivity (Wildman–Crippen MR) is 39.8 cm³/mol. The molecular weight excluding hydrogens is 170 g/mol. The van der Waals surface area contributed by atoms with Gasteiger partial charge in [-0.2, -0.15) is 0 Å². The minimum Gasteiger partial charge on any atom is -0.318 e. The van der Waals surface area contributed by atoms with Crippen molar-refractivity contribution in [2.24, 2.45) is 5.73 Å². The van der Waals surface area contributed by atoms with Crippen LogP contribution in [0.5, 0.6) is 0 Å². The molecule has 1 unspecified atom stereocenters. The van der Waals surface area contributed by atoms with Gasteiger partial charge < -0.3 is 5.73 Å². The van der Waals surface area contributed by atoms with Crippen LogP contribution < -0.4 is 5.73 Å². The smallest absolute Gasteiger partial charge is 0.259 e. The van der Waals surface area contributed by atoms with Crippen LogP contribution in [-0.4, -0.2) is 11.4 Å². The molecule has 0 aliphatic rings. The molecule has 0 spiro atoms. The summed E-state index contributed by atoms with van der Waals surface area (Å²) in [5.74, 6) is 0. The summed E-state index contributed by atoms with van der Waals surface area (Å²) in [6.45, 7) is 1.76. The molecule has 2 nitrogen and oxygen atoms in total. The average molecular weight is 178 g/mol. The molecule has 0 saturated carbocycles. The lowest BCUT2D eigenvalue weighted by Gasteiger charge is -2.05. The van der Waals surface area contributed by atoms with Crippen LogP contribution in [0, 0.1) is 6.92 Å². The summed E-state index contributed by atoms with van der Waals surface area (Å²) in [6.07, 6.45) is -2.53. The Morgan fingerprint density at radius 3 is 2.64 bits per heavy atom. The molecule has 0 saturated heterocycles. The van der Waals surface area contributed by atoms with Crippen LogP contribution >= 0.6 is 11.3 Å². The van der Waals surface area contributed by atoms with Gasteiger partial charge in [0.1, 0.15) is 6.04 Å². The van der Waals surface area contributed by atoms with E-state index in [0.717, 1.165) is 5.01 Å². The zero-order chi connectivity index (χ0) is 8.43. The van der Waals surface area contributed by atoms with Crippen LogP contribution in [0.4, 0.5) is 8.78 Å². The van der Waals surface area contributed by atoms with E-state index in [1.165, 1.54) is 11.3 Å². The van der Waals surface area contributed by atoms with Gasteiger partial charge in [-0.05, 0) is 6.92 Å².